The standard InChI is InChI=1S/C9H16N4O2/c1-2-8(3-6-14)11-9(15)7-13-5-4-10-12-13/h4-5,8,14H,2-3,6-7H2,1H3,(H,11,15). The first-order valence-corrected chi connectivity index (χ1v) is 5.00. The van der Waals surface area contributed by atoms with Gasteiger partial charge >= 0.3 is 0 Å². The van der Waals surface area contributed by atoms with E-state index in [0.29, 0.717) is 6.42 Å². The van der Waals surface area contributed by atoms with Gasteiger partial charge in [-0.05, 0) is 12.8 Å². The van der Waals surface area contributed by atoms with E-state index in [1.807, 2.05) is 6.92 Å². The number of amides is 1. The Kier molecular flexibility index (Phi) is 4.76. The van der Waals surface area contributed by atoms with Crippen LogP contribution in [-0.2, 0) is 11.3 Å². The van der Waals surface area contributed by atoms with Gasteiger partial charge in [0.05, 0.1) is 6.20 Å². The predicted octanol–water partition coefficient (Wildman–Crippen LogP) is -0.445. The molecule has 2 N–H and O–H groups in total. The molecule has 1 unspecified atom stereocenters. The summed E-state index contributed by atoms with van der Waals surface area (Å²) in [7, 11) is 0. The number of hydrogen-bond acceptors (Lipinski definition) is 4. The molecule has 0 saturated carbocycles. The van der Waals surface area contributed by atoms with E-state index in [2.05, 4.69) is 15.6 Å². The Morgan fingerprint density at radius 3 is 3.00 bits per heavy atom. The average molecular weight is 212 g/mol. The van der Waals surface area contributed by atoms with Crippen molar-refractivity contribution in [3.05, 3.63) is 12.4 Å². The Hall–Kier alpha value is -1.43. The van der Waals surface area contributed by atoms with Crippen molar-refractivity contribution in [2.45, 2.75) is 32.4 Å². The van der Waals surface area contributed by atoms with Crippen LogP contribution in [-0.4, -0.2) is 38.7 Å². The van der Waals surface area contributed by atoms with Crippen molar-refractivity contribution in [2.24, 2.45) is 0 Å². The Morgan fingerprint density at radius 1 is 1.67 bits per heavy atom. The molecular weight excluding hydrogens is 196 g/mol. The van der Waals surface area contributed by atoms with Gasteiger partial charge in [-0.15, -0.1) is 5.10 Å². The monoisotopic (exact) mass is 212 g/mol. The molecule has 0 spiro atoms. The minimum Gasteiger partial charge on any atom is -0.396 e. The van der Waals surface area contributed by atoms with E-state index in [1.165, 1.54) is 10.9 Å². The molecule has 1 heterocycles. The molecule has 1 rings (SSSR count). The number of aliphatic hydroxyl groups is 1. The molecule has 1 aromatic heterocycles. The molecule has 0 aliphatic rings. The molecule has 1 aromatic rings. The first-order chi connectivity index (χ1) is 7.26. The van der Waals surface area contributed by atoms with Gasteiger partial charge in [0.1, 0.15) is 6.54 Å². The van der Waals surface area contributed by atoms with Gasteiger partial charge in [0.15, 0.2) is 0 Å². The van der Waals surface area contributed by atoms with Gasteiger partial charge in [-0.1, -0.05) is 12.1 Å². The summed E-state index contributed by atoms with van der Waals surface area (Å²) in [6.07, 6.45) is 4.55. The van der Waals surface area contributed by atoms with Crippen LogP contribution in [0, 0.1) is 0 Å². The summed E-state index contributed by atoms with van der Waals surface area (Å²) in [5.74, 6) is -0.110. The average Bonchev–Trinajstić information content (AvgIpc) is 2.69. The first kappa shape index (κ1) is 11.6. The number of rotatable bonds is 6. The smallest absolute Gasteiger partial charge is 0.242 e. The zero-order valence-electron chi connectivity index (χ0n) is 8.76. The molecule has 15 heavy (non-hydrogen) atoms. The Morgan fingerprint density at radius 2 is 2.47 bits per heavy atom. The fourth-order valence-corrected chi connectivity index (χ4v) is 1.27. The number of carbonyl (C=O) groups is 1. The number of hydrogen-bond donors (Lipinski definition) is 2. The molecule has 84 valence electrons. The normalized spacial score (nSPS) is 12.4. The van der Waals surface area contributed by atoms with Gasteiger partial charge in [0.25, 0.3) is 0 Å². The number of aromatic nitrogens is 3. The molecule has 0 aliphatic heterocycles. The van der Waals surface area contributed by atoms with E-state index in [-0.39, 0.29) is 25.1 Å². The molecule has 1 atom stereocenters. The van der Waals surface area contributed by atoms with Crippen molar-refractivity contribution in [1.29, 1.82) is 0 Å². The molecule has 0 saturated heterocycles. The van der Waals surface area contributed by atoms with Gasteiger partial charge in [-0.3, -0.25) is 4.79 Å². The fourth-order valence-electron chi connectivity index (χ4n) is 1.27. The minimum atomic E-state index is -0.110. The summed E-state index contributed by atoms with van der Waals surface area (Å²) in [4.78, 5) is 11.5. The zero-order chi connectivity index (χ0) is 11.1. The van der Waals surface area contributed by atoms with Crippen LogP contribution in [0.3, 0.4) is 0 Å². The van der Waals surface area contributed by atoms with Crippen LogP contribution in [0.15, 0.2) is 12.4 Å². The Bertz CT molecular complexity index is 286. The lowest BCUT2D eigenvalue weighted by atomic mass is 10.1. The van der Waals surface area contributed by atoms with Crippen LogP contribution < -0.4 is 5.32 Å². The van der Waals surface area contributed by atoms with Crippen molar-refractivity contribution < 1.29 is 9.90 Å². The lowest BCUT2D eigenvalue weighted by molar-refractivity contribution is -0.122. The molecule has 6 heteroatoms. The molecule has 0 aromatic carbocycles. The van der Waals surface area contributed by atoms with Crippen LogP contribution >= 0.6 is 0 Å². The molecule has 0 radical (unpaired) electrons. The highest BCUT2D eigenvalue weighted by Gasteiger charge is 2.10. The van der Waals surface area contributed by atoms with E-state index in [4.69, 9.17) is 5.11 Å². The van der Waals surface area contributed by atoms with Crippen LogP contribution in [0.5, 0.6) is 0 Å². The minimum absolute atomic E-state index is 0.0334. The predicted molar refractivity (Wildman–Crippen MR) is 53.9 cm³/mol. The van der Waals surface area contributed by atoms with Gasteiger partial charge in [0, 0.05) is 18.8 Å². The van der Waals surface area contributed by atoms with Gasteiger partial charge in [-0.25, -0.2) is 4.68 Å². The topological polar surface area (TPSA) is 80.0 Å². The fraction of sp³-hybridized carbons (Fsp3) is 0.667. The maximum absolute atomic E-state index is 11.5. The number of nitrogens with one attached hydrogen (secondary N) is 1. The third-order valence-corrected chi connectivity index (χ3v) is 2.11. The van der Waals surface area contributed by atoms with E-state index in [0.717, 1.165) is 6.42 Å². The van der Waals surface area contributed by atoms with E-state index in [1.54, 1.807) is 6.20 Å². The molecule has 6 nitrogen and oxygen atoms in total. The maximum Gasteiger partial charge on any atom is 0.242 e. The van der Waals surface area contributed by atoms with Crippen molar-refractivity contribution in [2.75, 3.05) is 6.61 Å². The van der Waals surface area contributed by atoms with Gasteiger partial charge in [-0.2, -0.15) is 0 Å². The highest BCUT2D eigenvalue weighted by molar-refractivity contribution is 5.75. The van der Waals surface area contributed by atoms with Crippen LogP contribution in [0.1, 0.15) is 19.8 Å². The van der Waals surface area contributed by atoms with E-state index in [9.17, 15) is 4.79 Å². The second kappa shape index (κ2) is 6.13. The Labute approximate surface area is 88.3 Å². The number of carbonyl (C=O) groups excluding carboxylic acids is 1. The maximum atomic E-state index is 11.5. The quantitative estimate of drug-likeness (QED) is 0.669. The SMILES string of the molecule is CCC(CCO)NC(=O)Cn1ccnn1. The summed E-state index contributed by atoms with van der Waals surface area (Å²) in [6.45, 7) is 2.22. The summed E-state index contributed by atoms with van der Waals surface area (Å²) in [6, 6.07) is 0.0334. The van der Waals surface area contributed by atoms with Crippen molar-refractivity contribution >= 4 is 5.91 Å². The van der Waals surface area contributed by atoms with Crippen molar-refractivity contribution in [3.63, 3.8) is 0 Å². The summed E-state index contributed by atoms with van der Waals surface area (Å²) in [5.41, 5.74) is 0. The van der Waals surface area contributed by atoms with Crippen LogP contribution in [0.25, 0.3) is 0 Å². The van der Waals surface area contributed by atoms with Crippen molar-refractivity contribution in [1.82, 2.24) is 20.3 Å². The number of aliphatic hydroxyl groups excluding tert-OH is 1. The summed E-state index contributed by atoms with van der Waals surface area (Å²) < 4.78 is 1.46. The van der Waals surface area contributed by atoms with Gasteiger partial charge < -0.3 is 10.4 Å². The highest BCUT2D eigenvalue weighted by atomic mass is 16.3. The lowest BCUT2D eigenvalue weighted by Crippen LogP contribution is -2.37. The third kappa shape index (κ3) is 4.07. The molecule has 0 bridgehead atoms. The number of nitrogens with zero attached hydrogens (tertiary/aromatic N) is 3. The highest BCUT2D eigenvalue weighted by Crippen LogP contribution is 1.96. The van der Waals surface area contributed by atoms with E-state index >= 15 is 0 Å². The molecule has 0 fully saturated rings. The molecule has 0 aliphatic carbocycles. The van der Waals surface area contributed by atoms with Gasteiger partial charge in [0.2, 0.25) is 5.91 Å². The lowest BCUT2D eigenvalue weighted by Gasteiger charge is -2.15. The first-order valence-electron chi connectivity index (χ1n) is 5.00. The largest absolute Gasteiger partial charge is 0.396 e. The van der Waals surface area contributed by atoms with Crippen LogP contribution in [0.2, 0.25) is 0 Å². The van der Waals surface area contributed by atoms with E-state index < -0.39 is 0 Å². The molecule has 1 amide bonds. The summed E-state index contributed by atoms with van der Waals surface area (Å²) >= 11 is 0. The molecular formula is C9H16N4O2. The van der Waals surface area contributed by atoms with Crippen molar-refractivity contribution in [3.8, 4) is 0 Å². The third-order valence-electron chi connectivity index (χ3n) is 2.11. The summed E-state index contributed by atoms with van der Waals surface area (Å²) in [5, 5.41) is 18.9. The second-order valence-electron chi connectivity index (χ2n) is 3.29. The second-order valence-corrected chi connectivity index (χ2v) is 3.29. The zero-order valence-corrected chi connectivity index (χ0v) is 8.76. The van der Waals surface area contributed by atoms with Crippen LogP contribution in [0.4, 0.5) is 0 Å². The Balaban J connectivity index is 2.34.